The van der Waals surface area contributed by atoms with E-state index in [1.165, 1.54) is 5.56 Å². The van der Waals surface area contributed by atoms with E-state index < -0.39 is 0 Å². The van der Waals surface area contributed by atoms with Crippen LogP contribution in [0, 0.1) is 0 Å². The molecule has 0 fully saturated rings. The van der Waals surface area contributed by atoms with Gasteiger partial charge in [0.05, 0.1) is 12.6 Å². The van der Waals surface area contributed by atoms with Gasteiger partial charge in [-0.1, -0.05) is 6.92 Å². The third-order valence-electron chi connectivity index (χ3n) is 3.66. The Bertz CT molecular complexity index is 569. The molecule has 1 aliphatic heterocycles. The second kappa shape index (κ2) is 6.78. The second-order valence-corrected chi connectivity index (χ2v) is 5.16. The van der Waals surface area contributed by atoms with Gasteiger partial charge in [-0.2, -0.15) is 0 Å². The van der Waals surface area contributed by atoms with E-state index in [4.69, 9.17) is 4.74 Å². The summed E-state index contributed by atoms with van der Waals surface area (Å²) in [6.07, 6.45) is 5.49. The normalized spacial score (nSPS) is 17.7. The van der Waals surface area contributed by atoms with Gasteiger partial charge in [0.25, 0.3) is 0 Å². The lowest BCUT2D eigenvalue weighted by Crippen LogP contribution is -2.35. The van der Waals surface area contributed by atoms with Gasteiger partial charge in [0.2, 0.25) is 0 Å². The molecule has 0 radical (unpaired) electrons. The summed E-state index contributed by atoms with van der Waals surface area (Å²) in [4.78, 5) is 4.07. The van der Waals surface area contributed by atoms with Gasteiger partial charge in [0.1, 0.15) is 5.82 Å². The van der Waals surface area contributed by atoms with Crippen LogP contribution in [0.15, 0.2) is 24.5 Å². The summed E-state index contributed by atoms with van der Waals surface area (Å²) in [5.41, 5.74) is 1.17. The number of ether oxygens (including phenoxy) is 1. The number of pyridine rings is 1. The molecule has 1 unspecified atom stereocenters. The maximum absolute atomic E-state index is 5.55. The van der Waals surface area contributed by atoms with Crippen LogP contribution in [0.3, 0.4) is 0 Å². The molecule has 0 aliphatic carbocycles. The lowest BCUT2D eigenvalue weighted by molar-refractivity contribution is 0.136. The van der Waals surface area contributed by atoms with Crippen LogP contribution in [0.2, 0.25) is 0 Å². The van der Waals surface area contributed by atoms with Crippen LogP contribution >= 0.6 is 0 Å². The van der Waals surface area contributed by atoms with Gasteiger partial charge in [-0.05, 0) is 24.1 Å². The van der Waals surface area contributed by atoms with Crippen molar-refractivity contribution in [2.75, 3.05) is 19.8 Å². The fraction of sp³-hybridized carbons (Fsp3) is 0.533. The molecule has 0 bridgehead atoms. The molecule has 2 aromatic rings. The van der Waals surface area contributed by atoms with E-state index in [-0.39, 0.29) is 6.04 Å². The van der Waals surface area contributed by atoms with Crippen molar-refractivity contribution in [1.29, 1.82) is 0 Å². The molecule has 3 rings (SSSR count). The maximum Gasteiger partial charge on any atom is 0.154 e. The number of hydrogen-bond acceptors (Lipinski definition) is 5. The van der Waals surface area contributed by atoms with Crippen LogP contribution in [0.4, 0.5) is 0 Å². The summed E-state index contributed by atoms with van der Waals surface area (Å²) >= 11 is 0. The molecule has 1 aliphatic rings. The Hall–Kier alpha value is -1.79. The standard InChI is InChI=1S/C15H21N5O/c1-2-10-21-11-5-13-18-19-15-14(17-8-9-20(13)15)12-3-6-16-7-4-12/h3-4,6-7,14,17H,2,5,8-11H2,1H3. The van der Waals surface area contributed by atoms with Crippen molar-refractivity contribution in [3.8, 4) is 0 Å². The first-order valence-electron chi connectivity index (χ1n) is 7.53. The Balaban J connectivity index is 1.76. The topological polar surface area (TPSA) is 64.9 Å². The van der Waals surface area contributed by atoms with Crippen LogP contribution in [0.25, 0.3) is 0 Å². The van der Waals surface area contributed by atoms with Gasteiger partial charge in [0, 0.05) is 38.5 Å². The van der Waals surface area contributed by atoms with E-state index in [2.05, 4.69) is 32.0 Å². The summed E-state index contributed by atoms with van der Waals surface area (Å²) in [5, 5.41) is 12.2. The highest BCUT2D eigenvalue weighted by Crippen LogP contribution is 2.23. The Morgan fingerprint density at radius 3 is 2.95 bits per heavy atom. The molecule has 1 N–H and O–H groups in total. The molecule has 0 saturated heterocycles. The zero-order valence-electron chi connectivity index (χ0n) is 12.3. The first-order valence-corrected chi connectivity index (χ1v) is 7.53. The largest absolute Gasteiger partial charge is 0.381 e. The summed E-state index contributed by atoms with van der Waals surface area (Å²) in [7, 11) is 0. The molecule has 2 aromatic heterocycles. The van der Waals surface area contributed by atoms with Crippen molar-refractivity contribution >= 4 is 0 Å². The first-order chi connectivity index (χ1) is 10.4. The van der Waals surface area contributed by atoms with Crippen LogP contribution in [0.1, 0.15) is 36.6 Å². The van der Waals surface area contributed by atoms with Crippen molar-refractivity contribution in [2.24, 2.45) is 0 Å². The first kappa shape index (κ1) is 14.2. The van der Waals surface area contributed by atoms with Gasteiger partial charge in [-0.25, -0.2) is 0 Å². The molecule has 6 heteroatoms. The number of nitrogens with one attached hydrogen (secondary N) is 1. The van der Waals surface area contributed by atoms with Gasteiger partial charge < -0.3 is 14.6 Å². The molecule has 0 amide bonds. The third-order valence-corrected chi connectivity index (χ3v) is 3.66. The van der Waals surface area contributed by atoms with E-state index >= 15 is 0 Å². The zero-order chi connectivity index (χ0) is 14.5. The average molecular weight is 287 g/mol. The molecule has 21 heavy (non-hydrogen) atoms. The summed E-state index contributed by atoms with van der Waals surface area (Å²) in [6.45, 7) is 5.46. The minimum Gasteiger partial charge on any atom is -0.381 e. The smallest absolute Gasteiger partial charge is 0.154 e. The SMILES string of the molecule is CCCOCCc1nnc2n1CCNC2c1ccncc1. The Morgan fingerprint density at radius 2 is 2.14 bits per heavy atom. The number of hydrogen-bond donors (Lipinski definition) is 1. The minimum atomic E-state index is 0.0968. The summed E-state index contributed by atoms with van der Waals surface area (Å²) in [5.74, 6) is 2.00. The Kier molecular flexibility index (Phi) is 4.57. The van der Waals surface area contributed by atoms with E-state index in [1.54, 1.807) is 0 Å². The molecule has 1 atom stereocenters. The Labute approximate surface area is 124 Å². The highest BCUT2D eigenvalue weighted by molar-refractivity contribution is 5.24. The number of fused-ring (bicyclic) bond motifs is 1. The zero-order valence-corrected chi connectivity index (χ0v) is 12.3. The lowest BCUT2D eigenvalue weighted by atomic mass is 10.1. The molecule has 112 valence electrons. The molecule has 0 saturated carbocycles. The van der Waals surface area contributed by atoms with Crippen molar-refractivity contribution in [1.82, 2.24) is 25.1 Å². The monoisotopic (exact) mass is 287 g/mol. The minimum absolute atomic E-state index is 0.0968. The van der Waals surface area contributed by atoms with Crippen molar-refractivity contribution in [2.45, 2.75) is 32.4 Å². The van der Waals surface area contributed by atoms with E-state index in [0.29, 0.717) is 6.61 Å². The van der Waals surface area contributed by atoms with Crippen LogP contribution in [0.5, 0.6) is 0 Å². The highest BCUT2D eigenvalue weighted by Gasteiger charge is 2.25. The highest BCUT2D eigenvalue weighted by atomic mass is 16.5. The maximum atomic E-state index is 5.55. The number of nitrogens with zero attached hydrogens (tertiary/aromatic N) is 4. The molecule has 6 nitrogen and oxygen atoms in total. The van der Waals surface area contributed by atoms with Gasteiger partial charge in [-0.3, -0.25) is 4.98 Å². The average Bonchev–Trinajstić information content (AvgIpc) is 2.96. The van der Waals surface area contributed by atoms with Gasteiger partial charge >= 0.3 is 0 Å². The number of aromatic nitrogens is 4. The Morgan fingerprint density at radius 1 is 1.29 bits per heavy atom. The van der Waals surface area contributed by atoms with Crippen molar-refractivity contribution in [3.05, 3.63) is 41.7 Å². The molecule has 0 spiro atoms. The van der Waals surface area contributed by atoms with E-state index in [1.807, 2.05) is 24.5 Å². The lowest BCUT2D eigenvalue weighted by Gasteiger charge is -2.25. The number of rotatable bonds is 6. The van der Waals surface area contributed by atoms with Crippen LogP contribution in [-0.2, 0) is 17.7 Å². The predicted molar refractivity (Wildman–Crippen MR) is 78.9 cm³/mol. The molecule has 3 heterocycles. The summed E-state index contributed by atoms with van der Waals surface area (Å²) < 4.78 is 7.77. The fourth-order valence-electron chi connectivity index (χ4n) is 2.64. The van der Waals surface area contributed by atoms with E-state index in [0.717, 1.165) is 44.2 Å². The van der Waals surface area contributed by atoms with Gasteiger partial charge in [-0.15, -0.1) is 10.2 Å². The predicted octanol–water partition coefficient (Wildman–Crippen LogP) is 1.33. The van der Waals surface area contributed by atoms with Crippen LogP contribution in [-0.4, -0.2) is 39.5 Å². The van der Waals surface area contributed by atoms with Gasteiger partial charge in [0.15, 0.2) is 5.82 Å². The molecule has 0 aromatic carbocycles. The molecular formula is C15H21N5O. The fourth-order valence-corrected chi connectivity index (χ4v) is 2.64. The second-order valence-electron chi connectivity index (χ2n) is 5.16. The molecular weight excluding hydrogens is 266 g/mol. The van der Waals surface area contributed by atoms with Crippen molar-refractivity contribution in [3.63, 3.8) is 0 Å². The van der Waals surface area contributed by atoms with Crippen LogP contribution < -0.4 is 5.32 Å². The van der Waals surface area contributed by atoms with Crippen molar-refractivity contribution < 1.29 is 4.74 Å². The van der Waals surface area contributed by atoms with E-state index in [9.17, 15) is 0 Å². The summed E-state index contributed by atoms with van der Waals surface area (Å²) in [6, 6.07) is 4.14. The third kappa shape index (κ3) is 3.11. The quantitative estimate of drug-likeness (QED) is 0.812.